The fourth-order valence-corrected chi connectivity index (χ4v) is 5.83. The molecule has 3 heterocycles. The highest BCUT2D eigenvalue weighted by molar-refractivity contribution is 7.07. The van der Waals surface area contributed by atoms with Gasteiger partial charge < -0.3 is 9.47 Å². The van der Waals surface area contributed by atoms with Gasteiger partial charge >= 0.3 is 5.97 Å². The summed E-state index contributed by atoms with van der Waals surface area (Å²) in [5.74, 6) is -0.972. The standard InChI is InChI=1S/C27H23N3O6S/c1-5-36-26(34)20-14(2)28-27-30(22(20)16-10-12-17(35-4)13-11-16)25(33)23(37-27)21-18-8-6-7-9-19(18)29(15(3)31)24(21)32/h6-13,22H,5H2,1-4H3/b23-21-. The van der Waals surface area contributed by atoms with Crippen LogP contribution in [-0.2, 0) is 19.1 Å². The van der Waals surface area contributed by atoms with E-state index in [1.807, 2.05) is 0 Å². The van der Waals surface area contributed by atoms with Gasteiger partial charge in [-0.25, -0.2) is 14.7 Å². The molecule has 5 rings (SSSR count). The van der Waals surface area contributed by atoms with E-state index in [9.17, 15) is 19.2 Å². The van der Waals surface area contributed by atoms with Gasteiger partial charge in [0, 0.05) is 12.5 Å². The van der Waals surface area contributed by atoms with E-state index < -0.39 is 29.4 Å². The molecule has 0 saturated carbocycles. The number of aromatic nitrogens is 1. The zero-order valence-corrected chi connectivity index (χ0v) is 21.4. The summed E-state index contributed by atoms with van der Waals surface area (Å²) in [7, 11) is 1.55. The summed E-state index contributed by atoms with van der Waals surface area (Å²) in [6.07, 6.45) is 0. The summed E-state index contributed by atoms with van der Waals surface area (Å²) in [5.41, 5.74) is 1.88. The van der Waals surface area contributed by atoms with E-state index in [1.165, 1.54) is 11.5 Å². The molecule has 0 N–H and O–H groups in total. The first-order chi connectivity index (χ1) is 17.8. The molecule has 10 heteroatoms. The quantitative estimate of drug-likeness (QED) is 0.491. The molecule has 2 aliphatic rings. The zero-order chi connectivity index (χ0) is 26.4. The Labute approximate surface area is 215 Å². The third-order valence-corrected chi connectivity index (χ3v) is 7.35. The van der Waals surface area contributed by atoms with Crippen molar-refractivity contribution in [1.29, 1.82) is 0 Å². The smallest absolute Gasteiger partial charge is 0.338 e. The lowest BCUT2D eigenvalue weighted by Crippen LogP contribution is -2.41. The van der Waals surface area contributed by atoms with Gasteiger partial charge in [0.2, 0.25) is 5.91 Å². The minimum absolute atomic E-state index is 0.140. The third-order valence-electron chi connectivity index (χ3n) is 6.30. The maximum atomic E-state index is 14.0. The summed E-state index contributed by atoms with van der Waals surface area (Å²) in [4.78, 5) is 58.8. The van der Waals surface area contributed by atoms with Crippen LogP contribution in [-0.4, -0.2) is 36.1 Å². The normalized spacial score (nSPS) is 17.8. The van der Waals surface area contributed by atoms with E-state index in [-0.39, 0.29) is 22.3 Å². The molecule has 0 bridgehead atoms. The van der Waals surface area contributed by atoms with Crippen molar-refractivity contribution in [2.24, 2.45) is 4.99 Å². The molecule has 3 aromatic rings. The van der Waals surface area contributed by atoms with E-state index >= 15 is 0 Å². The molecular formula is C27H23N3O6S. The Bertz CT molecular complexity index is 1680. The van der Waals surface area contributed by atoms with Gasteiger partial charge in [0.15, 0.2) is 4.80 Å². The molecule has 1 unspecified atom stereocenters. The molecule has 2 aromatic carbocycles. The van der Waals surface area contributed by atoms with Crippen molar-refractivity contribution < 1.29 is 23.9 Å². The minimum Gasteiger partial charge on any atom is -0.497 e. The highest BCUT2D eigenvalue weighted by atomic mass is 32.1. The van der Waals surface area contributed by atoms with Crippen LogP contribution in [0.1, 0.15) is 37.9 Å². The average Bonchev–Trinajstić information content (AvgIpc) is 3.35. The highest BCUT2D eigenvalue weighted by Gasteiger charge is 2.38. The molecule has 0 saturated heterocycles. The SMILES string of the molecule is CCOC(=O)C1=C(C)N=c2s/c(=C3\C(=O)N(C(C)=O)c4ccccc43)c(=O)n2C1c1ccc(OC)cc1. The Hall–Kier alpha value is -4.31. The number of amides is 2. The van der Waals surface area contributed by atoms with Crippen LogP contribution in [0.2, 0.25) is 0 Å². The second-order valence-corrected chi connectivity index (χ2v) is 9.43. The predicted molar refractivity (Wildman–Crippen MR) is 137 cm³/mol. The van der Waals surface area contributed by atoms with Crippen molar-refractivity contribution >= 4 is 40.4 Å². The number of imide groups is 1. The Morgan fingerprint density at radius 2 is 1.78 bits per heavy atom. The first-order valence-electron chi connectivity index (χ1n) is 11.6. The number of carbonyl (C=O) groups is 3. The molecule has 188 valence electrons. The van der Waals surface area contributed by atoms with Crippen molar-refractivity contribution in [2.45, 2.75) is 26.8 Å². The van der Waals surface area contributed by atoms with Gasteiger partial charge in [-0.1, -0.05) is 41.7 Å². The van der Waals surface area contributed by atoms with Crippen molar-refractivity contribution in [3.05, 3.63) is 90.6 Å². The Kier molecular flexibility index (Phi) is 6.12. The number of rotatable bonds is 4. The van der Waals surface area contributed by atoms with Crippen molar-refractivity contribution in [2.75, 3.05) is 18.6 Å². The van der Waals surface area contributed by atoms with Crippen LogP contribution < -0.4 is 24.5 Å². The van der Waals surface area contributed by atoms with Crippen LogP contribution in [0, 0.1) is 0 Å². The second-order valence-electron chi connectivity index (χ2n) is 8.45. The van der Waals surface area contributed by atoms with Crippen LogP contribution in [0.3, 0.4) is 0 Å². The lowest BCUT2D eigenvalue weighted by molar-refractivity contribution is -0.139. The van der Waals surface area contributed by atoms with Crippen LogP contribution in [0.25, 0.3) is 5.57 Å². The van der Waals surface area contributed by atoms with E-state index in [4.69, 9.17) is 9.47 Å². The fraction of sp³-hybridized carbons (Fsp3) is 0.222. The predicted octanol–water partition coefficient (Wildman–Crippen LogP) is 2.07. The van der Waals surface area contributed by atoms with Crippen molar-refractivity contribution in [3.63, 3.8) is 0 Å². The number of allylic oxidation sites excluding steroid dienone is 1. The summed E-state index contributed by atoms with van der Waals surface area (Å²) in [6.45, 7) is 4.86. The van der Waals surface area contributed by atoms with Gasteiger partial charge in [-0.2, -0.15) is 0 Å². The molecule has 1 aromatic heterocycles. The largest absolute Gasteiger partial charge is 0.497 e. The van der Waals surface area contributed by atoms with E-state index in [2.05, 4.69) is 4.99 Å². The molecule has 0 radical (unpaired) electrons. The monoisotopic (exact) mass is 517 g/mol. The van der Waals surface area contributed by atoms with Gasteiger partial charge in [-0.05, 0) is 37.6 Å². The van der Waals surface area contributed by atoms with Crippen LogP contribution in [0.5, 0.6) is 5.75 Å². The molecular weight excluding hydrogens is 494 g/mol. The Morgan fingerprint density at radius 1 is 1.08 bits per heavy atom. The number of fused-ring (bicyclic) bond motifs is 2. The summed E-state index contributed by atoms with van der Waals surface area (Å²) < 4.78 is 12.2. The van der Waals surface area contributed by atoms with Gasteiger partial charge in [0.25, 0.3) is 11.5 Å². The number of methoxy groups -OCH3 is 1. The molecule has 9 nitrogen and oxygen atoms in total. The topological polar surface area (TPSA) is 107 Å². The molecule has 0 spiro atoms. The maximum Gasteiger partial charge on any atom is 0.338 e. The van der Waals surface area contributed by atoms with Crippen molar-refractivity contribution in [1.82, 2.24) is 4.57 Å². The number of nitrogens with zero attached hydrogens (tertiary/aromatic N) is 3. The highest BCUT2D eigenvalue weighted by Crippen LogP contribution is 2.36. The zero-order valence-electron chi connectivity index (χ0n) is 20.6. The average molecular weight is 518 g/mol. The first-order valence-corrected chi connectivity index (χ1v) is 12.4. The van der Waals surface area contributed by atoms with Gasteiger partial charge in [0.05, 0.1) is 42.3 Å². The number of para-hydroxylation sites is 1. The van der Waals surface area contributed by atoms with Crippen LogP contribution in [0.15, 0.2) is 69.6 Å². The van der Waals surface area contributed by atoms with Crippen LogP contribution in [0.4, 0.5) is 5.69 Å². The van der Waals surface area contributed by atoms with Gasteiger partial charge in [-0.3, -0.25) is 19.0 Å². The fourth-order valence-electron chi connectivity index (χ4n) is 4.69. The number of carbonyl (C=O) groups excluding carboxylic acids is 3. The molecule has 0 fully saturated rings. The lowest BCUT2D eigenvalue weighted by Gasteiger charge is -2.24. The summed E-state index contributed by atoms with van der Waals surface area (Å²) in [6, 6.07) is 13.1. The van der Waals surface area contributed by atoms with Crippen molar-refractivity contribution in [3.8, 4) is 5.75 Å². The number of esters is 1. The molecule has 37 heavy (non-hydrogen) atoms. The molecule has 2 aliphatic heterocycles. The number of ether oxygens (including phenoxy) is 2. The number of benzene rings is 2. The second kappa shape index (κ2) is 9.29. The summed E-state index contributed by atoms with van der Waals surface area (Å²) >= 11 is 1.05. The number of thiazole rings is 1. The maximum absolute atomic E-state index is 14.0. The minimum atomic E-state index is -0.828. The molecule has 2 amide bonds. The van der Waals surface area contributed by atoms with E-state index in [1.54, 1.807) is 69.5 Å². The number of anilines is 1. The number of hydrogen-bond donors (Lipinski definition) is 0. The number of hydrogen-bond acceptors (Lipinski definition) is 8. The first kappa shape index (κ1) is 24.4. The molecule has 1 atom stereocenters. The third kappa shape index (κ3) is 3.80. The van der Waals surface area contributed by atoms with Gasteiger partial charge in [0.1, 0.15) is 10.3 Å². The lowest BCUT2D eigenvalue weighted by atomic mass is 9.96. The molecule has 0 aliphatic carbocycles. The van der Waals surface area contributed by atoms with Gasteiger partial charge in [-0.15, -0.1) is 0 Å². The summed E-state index contributed by atoms with van der Waals surface area (Å²) in [5, 5.41) is 0. The van der Waals surface area contributed by atoms with Crippen LogP contribution >= 0.6 is 11.3 Å². The van der Waals surface area contributed by atoms with E-state index in [0.717, 1.165) is 16.2 Å². The van der Waals surface area contributed by atoms with E-state index in [0.29, 0.717) is 33.1 Å². The Morgan fingerprint density at radius 3 is 2.43 bits per heavy atom. The Balaban J connectivity index is 1.82.